The molecule has 1 heterocycles. The second-order valence-corrected chi connectivity index (χ2v) is 5.46. The molecular weight excluding hydrogens is 224 g/mol. The Morgan fingerprint density at radius 3 is 2.56 bits per heavy atom. The summed E-state index contributed by atoms with van der Waals surface area (Å²) in [5.41, 5.74) is 1.36. The molecule has 0 aliphatic carbocycles. The van der Waals surface area contributed by atoms with E-state index in [2.05, 4.69) is 4.72 Å². The van der Waals surface area contributed by atoms with E-state index in [1.807, 2.05) is 30.3 Å². The molecule has 3 rings (SSSR count). The Balaban J connectivity index is 2.49. The Bertz CT molecular complexity index is 674. The van der Waals surface area contributed by atoms with Gasteiger partial charge in [-0.05, 0) is 17.5 Å². The number of nitrogens with one attached hydrogen (secondary N) is 1. The first-order valence-electron chi connectivity index (χ1n) is 4.88. The molecule has 1 aliphatic rings. The summed E-state index contributed by atoms with van der Waals surface area (Å²) in [6.45, 7) is 0. The lowest BCUT2D eigenvalue weighted by atomic mass is 10.1. The zero-order valence-electron chi connectivity index (χ0n) is 8.64. The first kappa shape index (κ1) is 9.47. The standard InChI is InChI=1S/C11H10N2O2S/c1-13-10-7-3-5-8-4-2-6-9(11(8)10)12-16(13,14)15/h2-7,12H,1H3. The van der Waals surface area contributed by atoms with Crippen molar-refractivity contribution in [1.29, 1.82) is 0 Å². The maximum atomic E-state index is 11.8. The first-order chi connectivity index (χ1) is 7.59. The number of hydrogen-bond acceptors (Lipinski definition) is 2. The van der Waals surface area contributed by atoms with Crippen molar-refractivity contribution in [1.82, 2.24) is 0 Å². The monoisotopic (exact) mass is 234 g/mol. The molecule has 2 aromatic rings. The minimum absolute atomic E-state index is 0.645. The lowest BCUT2D eigenvalue weighted by molar-refractivity contribution is 0.599. The highest BCUT2D eigenvalue weighted by Crippen LogP contribution is 2.37. The molecule has 0 radical (unpaired) electrons. The fourth-order valence-electron chi connectivity index (χ4n) is 2.01. The van der Waals surface area contributed by atoms with E-state index in [4.69, 9.17) is 0 Å². The van der Waals surface area contributed by atoms with Crippen LogP contribution in [0, 0.1) is 0 Å². The second-order valence-electron chi connectivity index (χ2n) is 3.76. The largest absolute Gasteiger partial charge is 0.323 e. The Hall–Kier alpha value is -1.75. The van der Waals surface area contributed by atoms with E-state index < -0.39 is 10.2 Å². The molecule has 0 saturated carbocycles. The van der Waals surface area contributed by atoms with E-state index in [9.17, 15) is 8.42 Å². The summed E-state index contributed by atoms with van der Waals surface area (Å²) in [4.78, 5) is 0. The van der Waals surface area contributed by atoms with Crippen molar-refractivity contribution in [2.24, 2.45) is 0 Å². The molecule has 0 aromatic heterocycles. The molecule has 0 bridgehead atoms. The highest BCUT2D eigenvalue weighted by molar-refractivity contribution is 7.94. The van der Waals surface area contributed by atoms with Crippen molar-refractivity contribution in [3.05, 3.63) is 36.4 Å². The van der Waals surface area contributed by atoms with Crippen LogP contribution >= 0.6 is 0 Å². The van der Waals surface area contributed by atoms with Gasteiger partial charge in [-0.3, -0.25) is 9.03 Å². The Morgan fingerprint density at radius 1 is 1.12 bits per heavy atom. The molecule has 0 amide bonds. The molecule has 0 saturated heterocycles. The SMILES string of the molecule is CN1c2cccc3cccc(c23)NS1(=O)=O. The number of rotatable bonds is 0. The third-order valence-electron chi connectivity index (χ3n) is 2.82. The molecule has 0 spiro atoms. The topological polar surface area (TPSA) is 49.4 Å². The lowest BCUT2D eigenvalue weighted by Crippen LogP contribution is -2.35. The minimum Gasteiger partial charge on any atom is -0.266 e. The van der Waals surface area contributed by atoms with Crippen LogP contribution in [0.5, 0.6) is 0 Å². The molecule has 82 valence electrons. The number of benzene rings is 2. The zero-order chi connectivity index (χ0) is 11.3. The summed E-state index contributed by atoms with van der Waals surface area (Å²) in [6, 6.07) is 11.2. The number of nitrogens with zero attached hydrogens (tertiary/aromatic N) is 1. The molecule has 0 unspecified atom stereocenters. The summed E-state index contributed by atoms with van der Waals surface area (Å²) in [7, 11) is -1.89. The predicted molar refractivity (Wildman–Crippen MR) is 64.9 cm³/mol. The molecular formula is C11H10N2O2S. The van der Waals surface area contributed by atoms with Crippen LogP contribution in [-0.4, -0.2) is 15.5 Å². The quantitative estimate of drug-likeness (QED) is 0.757. The lowest BCUT2D eigenvalue weighted by Gasteiger charge is -2.27. The molecule has 16 heavy (non-hydrogen) atoms. The van der Waals surface area contributed by atoms with Crippen LogP contribution in [0.25, 0.3) is 10.8 Å². The van der Waals surface area contributed by atoms with Crippen LogP contribution in [0.2, 0.25) is 0 Å². The van der Waals surface area contributed by atoms with Crippen molar-refractivity contribution in [3.8, 4) is 0 Å². The molecule has 0 fully saturated rings. The van der Waals surface area contributed by atoms with E-state index in [0.29, 0.717) is 11.4 Å². The van der Waals surface area contributed by atoms with Gasteiger partial charge in [-0.25, -0.2) is 0 Å². The van der Waals surface area contributed by atoms with Gasteiger partial charge in [0, 0.05) is 12.4 Å². The maximum absolute atomic E-state index is 11.8. The van der Waals surface area contributed by atoms with Crippen molar-refractivity contribution >= 4 is 32.4 Å². The van der Waals surface area contributed by atoms with Gasteiger partial charge >= 0.3 is 10.2 Å². The van der Waals surface area contributed by atoms with Gasteiger partial charge in [0.1, 0.15) is 0 Å². The minimum atomic E-state index is -3.44. The Labute approximate surface area is 93.7 Å². The normalized spacial score (nSPS) is 17.2. The summed E-state index contributed by atoms with van der Waals surface area (Å²) in [6.07, 6.45) is 0. The fraction of sp³-hybridized carbons (Fsp3) is 0.0909. The molecule has 4 nitrogen and oxygen atoms in total. The van der Waals surface area contributed by atoms with Crippen molar-refractivity contribution in [3.63, 3.8) is 0 Å². The average Bonchev–Trinajstić information content (AvgIpc) is 2.26. The molecule has 1 N–H and O–H groups in total. The van der Waals surface area contributed by atoms with E-state index >= 15 is 0 Å². The average molecular weight is 234 g/mol. The summed E-state index contributed by atoms with van der Waals surface area (Å²) in [5.74, 6) is 0. The van der Waals surface area contributed by atoms with E-state index in [1.54, 1.807) is 13.1 Å². The molecule has 5 heteroatoms. The van der Waals surface area contributed by atoms with E-state index in [0.717, 1.165) is 10.8 Å². The summed E-state index contributed by atoms with van der Waals surface area (Å²) in [5, 5.41) is 1.98. The van der Waals surface area contributed by atoms with Gasteiger partial charge < -0.3 is 0 Å². The van der Waals surface area contributed by atoms with Crippen LogP contribution in [0.3, 0.4) is 0 Å². The Morgan fingerprint density at radius 2 is 1.81 bits per heavy atom. The highest BCUT2D eigenvalue weighted by atomic mass is 32.2. The predicted octanol–water partition coefficient (Wildman–Crippen LogP) is 1.95. The first-order valence-corrected chi connectivity index (χ1v) is 6.32. The Kier molecular flexibility index (Phi) is 1.71. The maximum Gasteiger partial charge on any atom is 0.323 e. The van der Waals surface area contributed by atoms with E-state index in [-0.39, 0.29) is 0 Å². The smallest absolute Gasteiger partial charge is 0.266 e. The highest BCUT2D eigenvalue weighted by Gasteiger charge is 2.26. The fourth-order valence-corrected chi connectivity index (χ4v) is 3.00. The van der Waals surface area contributed by atoms with Crippen molar-refractivity contribution < 1.29 is 8.42 Å². The third-order valence-corrected chi connectivity index (χ3v) is 4.22. The number of hydrogen-bond donors (Lipinski definition) is 1. The molecule has 2 aromatic carbocycles. The van der Waals surface area contributed by atoms with Crippen molar-refractivity contribution in [2.45, 2.75) is 0 Å². The molecule has 1 aliphatic heterocycles. The van der Waals surface area contributed by atoms with Crippen LogP contribution < -0.4 is 9.03 Å². The zero-order valence-corrected chi connectivity index (χ0v) is 9.45. The van der Waals surface area contributed by atoms with Gasteiger partial charge in [0.2, 0.25) is 0 Å². The van der Waals surface area contributed by atoms with E-state index in [1.165, 1.54) is 4.31 Å². The van der Waals surface area contributed by atoms with Gasteiger partial charge in [-0.1, -0.05) is 24.3 Å². The second kappa shape index (κ2) is 2.89. The summed E-state index contributed by atoms with van der Waals surface area (Å²) >= 11 is 0. The molecule has 0 atom stereocenters. The number of anilines is 2. The summed E-state index contributed by atoms with van der Waals surface area (Å²) < 4.78 is 27.4. The van der Waals surface area contributed by atoms with Crippen LogP contribution in [0.1, 0.15) is 0 Å². The van der Waals surface area contributed by atoms with Crippen LogP contribution in [-0.2, 0) is 10.2 Å². The van der Waals surface area contributed by atoms with Gasteiger partial charge in [0.05, 0.1) is 11.4 Å². The third kappa shape index (κ3) is 1.12. The van der Waals surface area contributed by atoms with Gasteiger partial charge in [-0.15, -0.1) is 0 Å². The van der Waals surface area contributed by atoms with Gasteiger partial charge in [0.25, 0.3) is 0 Å². The van der Waals surface area contributed by atoms with Gasteiger partial charge in [-0.2, -0.15) is 8.42 Å². The van der Waals surface area contributed by atoms with Crippen molar-refractivity contribution in [2.75, 3.05) is 16.1 Å². The van der Waals surface area contributed by atoms with Gasteiger partial charge in [0.15, 0.2) is 0 Å². The van der Waals surface area contributed by atoms with Crippen LogP contribution in [0.15, 0.2) is 36.4 Å². The van der Waals surface area contributed by atoms with Crippen LogP contribution in [0.4, 0.5) is 11.4 Å².